The molecule has 0 unspecified atom stereocenters. The minimum atomic E-state index is -0.848. The highest BCUT2D eigenvalue weighted by molar-refractivity contribution is 6.33. The number of hydrazone groups is 1. The molecule has 9 heteroatoms. The van der Waals surface area contributed by atoms with Gasteiger partial charge in [0, 0.05) is 0 Å². The quantitative estimate of drug-likeness (QED) is 0.486. The van der Waals surface area contributed by atoms with Crippen molar-refractivity contribution in [3.05, 3.63) is 61.3 Å². The van der Waals surface area contributed by atoms with Gasteiger partial charge in [-0.05, 0) is 19.1 Å². The number of amides is 1. The molecular weight excluding hydrogens is 312 g/mol. The van der Waals surface area contributed by atoms with Crippen LogP contribution in [0.2, 0.25) is 5.02 Å². The largest absolute Gasteiger partial charge is 0.494 e. The SMILES string of the molecule is C/C(=N/NC(=O)c1ccccc1Cl)c1c(O)[nH]c(=O)[nH]c1=O. The van der Waals surface area contributed by atoms with Crippen LogP contribution in [-0.2, 0) is 0 Å². The Balaban J connectivity index is 2.28. The van der Waals surface area contributed by atoms with E-state index in [0.717, 1.165) is 0 Å². The molecule has 1 aromatic heterocycles. The first kappa shape index (κ1) is 15.5. The zero-order valence-electron chi connectivity index (χ0n) is 11.3. The lowest BCUT2D eigenvalue weighted by Crippen LogP contribution is -2.28. The lowest BCUT2D eigenvalue weighted by atomic mass is 10.2. The van der Waals surface area contributed by atoms with Gasteiger partial charge in [-0.15, -0.1) is 0 Å². The molecule has 22 heavy (non-hydrogen) atoms. The Morgan fingerprint density at radius 2 is 1.95 bits per heavy atom. The molecule has 114 valence electrons. The van der Waals surface area contributed by atoms with Gasteiger partial charge in [-0.2, -0.15) is 5.10 Å². The number of aromatic nitrogens is 2. The zero-order chi connectivity index (χ0) is 16.3. The van der Waals surface area contributed by atoms with Crippen LogP contribution in [0.3, 0.4) is 0 Å². The van der Waals surface area contributed by atoms with Crippen molar-refractivity contribution in [2.75, 3.05) is 0 Å². The molecule has 0 bridgehead atoms. The summed E-state index contributed by atoms with van der Waals surface area (Å²) in [5.41, 5.74) is 0.511. The Kier molecular flexibility index (Phi) is 4.42. The van der Waals surface area contributed by atoms with E-state index in [1.54, 1.807) is 18.2 Å². The first-order valence-corrected chi connectivity index (χ1v) is 6.43. The van der Waals surface area contributed by atoms with E-state index < -0.39 is 23.0 Å². The van der Waals surface area contributed by atoms with Crippen LogP contribution in [0.4, 0.5) is 0 Å². The van der Waals surface area contributed by atoms with Gasteiger partial charge >= 0.3 is 5.69 Å². The van der Waals surface area contributed by atoms with Crippen molar-refractivity contribution in [2.45, 2.75) is 6.92 Å². The smallest absolute Gasteiger partial charge is 0.328 e. The summed E-state index contributed by atoms with van der Waals surface area (Å²) < 4.78 is 0. The van der Waals surface area contributed by atoms with E-state index in [2.05, 4.69) is 10.5 Å². The number of aromatic amines is 2. The van der Waals surface area contributed by atoms with Gasteiger partial charge in [-0.1, -0.05) is 23.7 Å². The van der Waals surface area contributed by atoms with Crippen LogP contribution in [0.5, 0.6) is 5.88 Å². The monoisotopic (exact) mass is 322 g/mol. The lowest BCUT2D eigenvalue weighted by molar-refractivity contribution is 0.0955. The highest BCUT2D eigenvalue weighted by Crippen LogP contribution is 2.14. The first-order chi connectivity index (χ1) is 10.4. The van der Waals surface area contributed by atoms with Crippen LogP contribution < -0.4 is 16.7 Å². The van der Waals surface area contributed by atoms with Crippen LogP contribution in [0, 0.1) is 0 Å². The number of rotatable bonds is 3. The predicted molar refractivity (Wildman–Crippen MR) is 80.5 cm³/mol. The van der Waals surface area contributed by atoms with Crippen molar-refractivity contribution < 1.29 is 9.90 Å². The number of H-pyrrole nitrogens is 2. The predicted octanol–water partition coefficient (Wildman–Crippen LogP) is 0.576. The molecule has 0 atom stereocenters. The third-order valence-corrected chi connectivity index (χ3v) is 3.06. The number of halogens is 1. The molecule has 0 aliphatic heterocycles. The second kappa shape index (κ2) is 6.27. The van der Waals surface area contributed by atoms with Crippen molar-refractivity contribution >= 4 is 23.2 Å². The molecule has 4 N–H and O–H groups in total. The van der Waals surface area contributed by atoms with E-state index in [-0.39, 0.29) is 21.9 Å². The molecule has 1 amide bonds. The summed E-state index contributed by atoms with van der Waals surface area (Å²) in [4.78, 5) is 38.5. The Bertz CT molecular complexity index is 869. The average Bonchev–Trinajstić information content (AvgIpc) is 2.44. The first-order valence-electron chi connectivity index (χ1n) is 6.05. The molecule has 2 rings (SSSR count). The van der Waals surface area contributed by atoms with E-state index >= 15 is 0 Å². The third-order valence-electron chi connectivity index (χ3n) is 2.73. The van der Waals surface area contributed by atoms with Gasteiger partial charge in [0.15, 0.2) is 0 Å². The Hall–Kier alpha value is -2.87. The fourth-order valence-corrected chi connectivity index (χ4v) is 1.93. The van der Waals surface area contributed by atoms with Crippen LogP contribution >= 0.6 is 11.6 Å². The minimum Gasteiger partial charge on any atom is -0.494 e. The number of hydrogen-bond acceptors (Lipinski definition) is 5. The van der Waals surface area contributed by atoms with Gasteiger partial charge < -0.3 is 5.11 Å². The van der Waals surface area contributed by atoms with Crippen molar-refractivity contribution in [3.8, 4) is 5.88 Å². The molecule has 2 aromatic rings. The van der Waals surface area contributed by atoms with Crippen LogP contribution in [0.15, 0.2) is 39.0 Å². The molecule has 0 aliphatic carbocycles. The summed E-state index contributed by atoms with van der Waals surface area (Å²) in [7, 11) is 0. The van der Waals surface area contributed by atoms with Crippen LogP contribution in [-0.4, -0.2) is 26.7 Å². The van der Waals surface area contributed by atoms with Gasteiger partial charge in [0.2, 0.25) is 5.88 Å². The molecule has 0 radical (unpaired) electrons. The average molecular weight is 323 g/mol. The van der Waals surface area contributed by atoms with Crippen molar-refractivity contribution in [1.29, 1.82) is 0 Å². The molecule has 0 saturated heterocycles. The van der Waals surface area contributed by atoms with Crippen molar-refractivity contribution in [1.82, 2.24) is 15.4 Å². The Morgan fingerprint density at radius 1 is 1.27 bits per heavy atom. The number of carbonyl (C=O) groups is 1. The van der Waals surface area contributed by atoms with Gasteiger partial charge in [0.1, 0.15) is 5.56 Å². The number of nitrogens with zero attached hydrogens (tertiary/aromatic N) is 1. The standard InChI is InChI=1S/C13H11ClN4O4/c1-6(9-11(20)15-13(22)16-12(9)21)17-18-10(19)7-4-2-3-5-8(7)14/h2-5H,1H3,(H,18,19)(H3,15,16,20,21,22)/b17-6-. The van der Waals surface area contributed by atoms with E-state index in [4.69, 9.17) is 11.6 Å². The van der Waals surface area contributed by atoms with Gasteiger partial charge in [0.05, 0.1) is 16.3 Å². The van der Waals surface area contributed by atoms with Crippen molar-refractivity contribution in [2.24, 2.45) is 5.10 Å². The molecule has 1 aromatic carbocycles. The number of carbonyl (C=O) groups excluding carboxylic acids is 1. The highest BCUT2D eigenvalue weighted by Gasteiger charge is 2.13. The third kappa shape index (κ3) is 3.23. The van der Waals surface area contributed by atoms with E-state index in [9.17, 15) is 19.5 Å². The molecular formula is C13H11ClN4O4. The van der Waals surface area contributed by atoms with Crippen LogP contribution in [0.1, 0.15) is 22.8 Å². The number of aromatic hydroxyl groups is 1. The Labute approximate surface area is 128 Å². The second-order valence-corrected chi connectivity index (χ2v) is 4.66. The van der Waals surface area contributed by atoms with Crippen molar-refractivity contribution in [3.63, 3.8) is 0 Å². The summed E-state index contributed by atoms with van der Waals surface area (Å²) in [6, 6.07) is 6.36. The van der Waals surface area contributed by atoms with E-state index in [1.165, 1.54) is 13.0 Å². The molecule has 0 fully saturated rings. The molecule has 0 saturated carbocycles. The normalized spacial score (nSPS) is 11.3. The summed E-state index contributed by atoms with van der Waals surface area (Å²) >= 11 is 5.88. The maximum atomic E-state index is 11.9. The lowest BCUT2D eigenvalue weighted by Gasteiger charge is -2.04. The highest BCUT2D eigenvalue weighted by atomic mass is 35.5. The second-order valence-electron chi connectivity index (χ2n) is 4.25. The van der Waals surface area contributed by atoms with Gasteiger partial charge in [-0.3, -0.25) is 19.6 Å². The minimum absolute atomic E-state index is 0.00963. The van der Waals surface area contributed by atoms with Gasteiger partial charge in [0.25, 0.3) is 11.5 Å². The fourth-order valence-electron chi connectivity index (χ4n) is 1.71. The summed E-state index contributed by atoms with van der Waals surface area (Å²) in [6.45, 7) is 1.38. The van der Waals surface area contributed by atoms with E-state index in [0.29, 0.717) is 0 Å². The van der Waals surface area contributed by atoms with Gasteiger partial charge in [-0.25, -0.2) is 10.2 Å². The molecule has 0 spiro atoms. The topological polar surface area (TPSA) is 127 Å². The summed E-state index contributed by atoms with van der Waals surface area (Å²) in [6.07, 6.45) is 0. The number of hydrogen-bond donors (Lipinski definition) is 4. The molecule has 1 heterocycles. The summed E-state index contributed by atoms with van der Waals surface area (Å²) in [5, 5.41) is 13.5. The molecule has 8 nitrogen and oxygen atoms in total. The zero-order valence-corrected chi connectivity index (χ0v) is 12.1. The Morgan fingerprint density at radius 3 is 2.59 bits per heavy atom. The number of benzene rings is 1. The molecule has 0 aliphatic rings. The fraction of sp³-hybridized carbons (Fsp3) is 0.0769. The van der Waals surface area contributed by atoms with E-state index in [1.807, 2.05) is 9.97 Å². The number of nitrogens with one attached hydrogen (secondary N) is 3. The maximum Gasteiger partial charge on any atom is 0.328 e. The van der Waals surface area contributed by atoms with Crippen LogP contribution in [0.25, 0.3) is 0 Å². The summed E-state index contributed by atoms with van der Waals surface area (Å²) in [5.74, 6) is -1.22. The maximum absolute atomic E-state index is 11.9.